The first kappa shape index (κ1) is 17.3. The first-order valence-electron chi connectivity index (χ1n) is 8.88. The molecular formula is C23H21NO3. The molecule has 2 aromatic carbocycles. The summed E-state index contributed by atoms with van der Waals surface area (Å²) in [6, 6.07) is 15.1. The van der Waals surface area contributed by atoms with E-state index >= 15 is 0 Å². The maximum absolute atomic E-state index is 13.2. The molecule has 4 rings (SSSR count). The number of hydrogen-bond donors (Lipinski definition) is 0. The number of rotatable bonds is 2. The molecule has 0 atom stereocenters. The number of pyridine rings is 1. The molecule has 4 aromatic rings. The molecule has 2 heterocycles. The highest BCUT2D eigenvalue weighted by Gasteiger charge is 2.16. The van der Waals surface area contributed by atoms with Crippen LogP contribution in [-0.2, 0) is 5.41 Å². The second kappa shape index (κ2) is 6.23. The SMILES string of the molecule is COc1ccnc(-c2ccc3oc4ccc(C(C)(C)C)cc4c(=O)c3c2)c1. The lowest BCUT2D eigenvalue weighted by Crippen LogP contribution is -2.12. The minimum atomic E-state index is -0.0397. The lowest BCUT2D eigenvalue weighted by molar-refractivity contribution is 0.414. The van der Waals surface area contributed by atoms with E-state index in [4.69, 9.17) is 9.15 Å². The monoisotopic (exact) mass is 359 g/mol. The highest BCUT2D eigenvalue weighted by Crippen LogP contribution is 2.29. The van der Waals surface area contributed by atoms with E-state index in [0.29, 0.717) is 21.9 Å². The van der Waals surface area contributed by atoms with Crippen LogP contribution in [-0.4, -0.2) is 12.1 Å². The molecule has 0 aliphatic heterocycles. The van der Waals surface area contributed by atoms with E-state index in [0.717, 1.165) is 22.6 Å². The molecule has 0 N–H and O–H groups in total. The number of ether oxygens (including phenoxy) is 1. The summed E-state index contributed by atoms with van der Waals surface area (Å²) in [5, 5.41) is 1.15. The van der Waals surface area contributed by atoms with Crippen molar-refractivity contribution in [1.82, 2.24) is 4.98 Å². The molecule has 0 amide bonds. The van der Waals surface area contributed by atoms with Crippen LogP contribution in [0.15, 0.2) is 63.9 Å². The molecule has 4 heteroatoms. The molecular weight excluding hydrogens is 338 g/mol. The third-order valence-corrected chi connectivity index (χ3v) is 4.80. The second-order valence-electron chi connectivity index (χ2n) is 7.68. The largest absolute Gasteiger partial charge is 0.497 e. The predicted molar refractivity (Wildman–Crippen MR) is 108 cm³/mol. The van der Waals surface area contributed by atoms with Gasteiger partial charge in [0.25, 0.3) is 0 Å². The van der Waals surface area contributed by atoms with Gasteiger partial charge >= 0.3 is 0 Å². The zero-order valence-electron chi connectivity index (χ0n) is 15.9. The summed E-state index contributed by atoms with van der Waals surface area (Å²) in [7, 11) is 1.62. The second-order valence-corrected chi connectivity index (χ2v) is 7.68. The predicted octanol–water partition coefficient (Wildman–Crippen LogP) is 5.31. The third-order valence-electron chi connectivity index (χ3n) is 4.80. The number of aromatic nitrogens is 1. The number of hydrogen-bond acceptors (Lipinski definition) is 4. The van der Waals surface area contributed by atoms with Crippen LogP contribution < -0.4 is 10.2 Å². The van der Waals surface area contributed by atoms with Gasteiger partial charge in [0.1, 0.15) is 16.9 Å². The Balaban J connectivity index is 1.95. The van der Waals surface area contributed by atoms with Gasteiger partial charge in [-0.3, -0.25) is 9.78 Å². The van der Waals surface area contributed by atoms with Crippen LogP contribution in [0.2, 0.25) is 0 Å². The maximum Gasteiger partial charge on any atom is 0.200 e. The molecule has 0 unspecified atom stereocenters. The molecule has 136 valence electrons. The van der Waals surface area contributed by atoms with Crippen molar-refractivity contribution < 1.29 is 9.15 Å². The van der Waals surface area contributed by atoms with Crippen LogP contribution in [0, 0.1) is 0 Å². The summed E-state index contributed by atoms with van der Waals surface area (Å²) in [4.78, 5) is 17.6. The van der Waals surface area contributed by atoms with Gasteiger partial charge in [-0.15, -0.1) is 0 Å². The highest BCUT2D eigenvalue weighted by molar-refractivity contribution is 5.92. The molecule has 4 nitrogen and oxygen atoms in total. The van der Waals surface area contributed by atoms with E-state index in [1.54, 1.807) is 19.4 Å². The van der Waals surface area contributed by atoms with Crippen LogP contribution in [0.1, 0.15) is 26.3 Å². The summed E-state index contributed by atoms with van der Waals surface area (Å²) >= 11 is 0. The summed E-state index contributed by atoms with van der Waals surface area (Å²) < 4.78 is 11.3. The third kappa shape index (κ3) is 3.08. The van der Waals surface area contributed by atoms with Gasteiger partial charge in [0, 0.05) is 17.8 Å². The first-order chi connectivity index (χ1) is 12.9. The Morgan fingerprint density at radius 2 is 1.63 bits per heavy atom. The van der Waals surface area contributed by atoms with E-state index in [2.05, 4.69) is 25.8 Å². The van der Waals surface area contributed by atoms with Gasteiger partial charge in [0.05, 0.1) is 23.6 Å². The zero-order chi connectivity index (χ0) is 19.2. The van der Waals surface area contributed by atoms with Crippen molar-refractivity contribution in [2.75, 3.05) is 7.11 Å². The number of methoxy groups -OCH3 is 1. The summed E-state index contributed by atoms with van der Waals surface area (Å²) in [6.45, 7) is 6.39. The Labute approximate surface area is 157 Å². The Morgan fingerprint density at radius 3 is 2.33 bits per heavy atom. The molecule has 0 saturated heterocycles. The van der Waals surface area contributed by atoms with Crippen LogP contribution in [0.3, 0.4) is 0 Å². The fourth-order valence-electron chi connectivity index (χ4n) is 3.18. The average Bonchev–Trinajstić information content (AvgIpc) is 2.67. The summed E-state index contributed by atoms with van der Waals surface area (Å²) in [5.41, 5.74) is 3.81. The normalized spacial score (nSPS) is 11.9. The quantitative estimate of drug-likeness (QED) is 0.455. The fourth-order valence-corrected chi connectivity index (χ4v) is 3.18. The molecule has 0 fully saturated rings. The van der Waals surface area contributed by atoms with Crippen molar-refractivity contribution in [2.45, 2.75) is 26.2 Å². The minimum absolute atomic E-state index is 0.0258. The van der Waals surface area contributed by atoms with Crippen LogP contribution in [0.5, 0.6) is 5.75 Å². The van der Waals surface area contributed by atoms with Crippen molar-refractivity contribution >= 4 is 21.9 Å². The Hall–Kier alpha value is -3.14. The van der Waals surface area contributed by atoms with E-state index in [9.17, 15) is 4.79 Å². The number of nitrogens with zero attached hydrogens (tertiary/aromatic N) is 1. The highest BCUT2D eigenvalue weighted by atomic mass is 16.5. The average molecular weight is 359 g/mol. The van der Waals surface area contributed by atoms with E-state index in [1.165, 1.54) is 0 Å². The maximum atomic E-state index is 13.2. The Bertz CT molecular complexity index is 1220. The molecule has 27 heavy (non-hydrogen) atoms. The molecule has 0 aliphatic carbocycles. The van der Waals surface area contributed by atoms with Crippen LogP contribution in [0.4, 0.5) is 0 Å². The smallest absolute Gasteiger partial charge is 0.200 e. The molecule has 0 bridgehead atoms. The lowest BCUT2D eigenvalue weighted by atomic mass is 9.86. The summed E-state index contributed by atoms with van der Waals surface area (Å²) in [5.74, 6) is 0.723. The number of fused-ring (bicyclic) bond motifs is 2. The summed E-state index contributed by atoms with van der Waals surface area (Å²) in [6.07, 6.45) is 1.69. The number of benzene rings is 2. The van der Waals surface area contributed by atoms with Crippen molar-refractivity contribution in [3.05, 3.63) is 70.5 Å². The van der Waals surface area contributed by atoms with Gasteiger partial charge in [-0.05, 0) is 47.4 Å². The van der Waals surface area contributed by atoms with Crippen molar-refractivity contribution in [3.8, 4) is 17.0 Å². The van der Waals surface area contributed by atoms with E-state index < -0.39 is 0 Å². The van der Waals surface area contributed by atoms with Crippen LogP contribution in [0.25, 0.3) is 33.2 Å². The minimum Gasteiger partial charge on any atom is -0.497 e. The van der Waals surface area contributed by atoms with Gasteiger partial charge in [0.15, 0.2) is 0 Å². The molecule has 0 aliphatic rings. The fraction of sp³-hybridized carbons (Fsp3) is 0.217. The standard InChI is InChI=1S/C23H21NO3/c1-23(2,3)15-6-8-21-18(12-15)22(25)17-11-14(5-7-20(17)27-21)19-13-16(26-4)9-10-24-19/h5-13H,1-4H3. The van der Waals surface area contributed by atoms with Gasteiger partial charge < -0.3 is 9.15 Å². The van der Waals surface area contributed by atoms with Gasteiger partial charge in [-0.1, -0.05) is 26.8 Å². The molecule has 2 aromatic heterocycles. The van der Waals surface area contributed by atoms with Gasteiger partial charge in [0.2, 0.25) is 5.43 Å². The first-order valence-corrected chi connectivity index (χ1v) is 8.88. The van der Waals surface area contributed by atoms with E-state index in [1.807, 2.05) is 42.5 Å². The van der Waals surface area contributed by atoms with Crippen molar-refractivity contribution in [3.63, 3.8) is 0 Å². The molecule has 0 spiro atoms. The van der Waals surface area contributed by atoms with Gasteiger partial charge in [-0.25, -0.2) is 0 Å². The van der Waals surface area contributed by atoms with Crippen molar-refractivity contribution in [1.29, 1.82) is 0 Å². The topological polar surface area (TPSA) is 52.3 Å². The van der Waals surface area contributed by atoms with Crippen molar-refractivity contribution in [2.24, 2.45) is 0 Å². The zero-order valence-corrected chi connectivity index (χ0v) is 15.9. The van der Waals surface area contributed by atoms with Crippen LogP contribution >= 0.6 is 0 Å². The molecule has 0 radical (unpaired) electrons. The Morgan fingerprint density at radius 1 is 0.926 bits per heavy atom. The molecule has 0 saturated carbocycles. The van der Waals surface area contributed by atoms with Gasteiger partial charge in [-0.2, -0.15) is 0 Å². The van der Waals surface area contributed by atoms with E-state index in [-0.39, 0.29) is 10.8 Å². The Kier molecular flexibility index (Phi) is 3.99. The lowest BCUT2D eigenvalue weighted by Gasteiger charge is -2.19.